The van der Waals surface area contributed by atoms with Crippen LogP contribution in [0.3, 0.4) is 0 Å². The Kier molecular flexibility index (Phi) is 3.85. The molecule has 0 bridgehead atoms. The number of hydrogen-bond acceptors (Lipinski definition) is 4. The van der Waals surface area contributed by atoms with Crippen LogP contribution in [0.5, 0.6) is 5.75 Å². The molecule has 1 aromatic carbocycles. The summed E-state index contributed by atoms with van der Waals surface area (Å²) in [5.41, 5.74) is 1.23. The number of ether oxygens (including phenoxy) is 2. The van der Waals surface area contributed by atoms with Gasteiger partial charge in [-0.3, -0.25) is 14.2 Å². The van der Waals surface area contributed by atoms with Gasteiger partial charge >= 0.3 is 0 Å². The lowest BCUT2D eigenvalue weighted by atomic mass is 10.1. The largest absolute Gasteiger partial charge is 0.497 e. The Balaban J connectivity index is 2.10. The minimum atomic E-state index is -0.129. The van der Waals surface area contributed by atoms with Gasteiger partial charge in [-0.25, -0.2) is 0 Å². The summed E-state index contributed by atoms with van der Waals surface area (Å²) in [6.45, 7) is 3.69. The van der Waals surface area contributed by atoms with Gasteiger partial charge in [0.05, 0.1) is 31.4 Å². The molecule has 2 aromatic rings. The van der Waals surface area contributed by atoms with Crippen LogP contribution >= 0.6 is 0 Å². The van der Waals surface area contributed by atoms with Gasteiger partial charge in [0.2, 0.25) is 5.91 Å². The first-order valence-electron chi connectivity index (χ1n) is 7.19. The molecule has 0 saturated carbocycles. The SMILES string of the molecule is COc1ccc2c(c1)c(C(=O)N1CCOCC1)cn2C(C)=O. The van der Waals surface area contributed by atoms with E-state index in [1.807, 2.05) is 0 Å². The lowest BCUT2D eigenvalue weighted by Crippen LogP contribution is -2.40. The van der Waals surface area contributed by atoms with E-state index in [0.717, 1.165) is 5.39 Å². The molecule has 1 fully saturated rings. The molecule has 0 unspecified atom stereocenters. The van der Waals surface area contributed by atoms with E-state index in [9.17, 15) is 9.59 Å². The molecule has 1 saturated heterocycles. The van der Waals surface area contributed by atoms with Crippen LogP contribution in [0.4, 0.5) is 0 Å². The number of benzene rings is 1. The zero-order valence-electron chi connectivity index (χ0n) is 12.7. The molecule has 116 valence electrons. The smallest absolute Gasteiger partial charge is 0.256 e. The molecule has 0 aliphatic carbocycles. The van der Waals surface area contributed by atoms with Gasteiger partial charge in [0.1, 0.15) is 5.75 Å². The zero-order chi connectivity index (χ0) is 15.7. The summed E-state index contributed by atoms with van der Waals surface area (Å²) in [7, 11) is 1.58. The molecule has 6 nitrogen and oxygen atoms in total. The fraction of sp³-hybridized carbons (Fsp3) is 0.375. The van der Waals surface area contributed by atoms with Gasteiger partial charge in [-0.05, 0) is 18.2 Å². The van der Waals surface area contributed by atoms with Crippen LogP contribution < -0.4 is 4.74 Å². The van der Waals surface area contributed by atoms with Gasteiger partial charge in [-0.1, -0.05) is 0 Å². The number of hydrogen-bond donors (Lipinski definition) is 0. The molecular weight excluding hydrogens is 284 g/mol. The van der Waals surface area contributed by atoms with Crippen molar-refractivity contribution in [2.75, 3.05) is 33.4 Å². The lowest BCUT2D eigenvalue weighted by molar-refractivity contribution is 0.0304. The molecule has 1 amide bonds. The quantitative estimate of drug-likeness (QED) is 0.848. The molecule has 2 heterocycles. The normalized spacial score (nSPS) is 15.1. The van der Waals surface area contributed by atoms with Gasteiger partial charge in [-0.15, -0.1) is 0 Å². The Labute approximate surface area is 128 Å². The van der Waals surface area contributed by atoms with Gasteiger partial charge in [-0.2, -0.15) is 0 Å². The molecule has 0 spiro atoms. The van der Waals surface area contributed by atoms with Crippen molar-refractivity contribution in [3.05, 3.63) is 30.0 Å². The van der Waals surface area contributed by atoms with Crippen molar-refractivity contribution in [3.63, 3.8) is 0 Å². The summed E-state index contributed by atoms with van der Waals surface area (Å²) >= 11 is 0. The molecule has 0 atom stereocenters. The summed E-state index contributed by atoms with van der Waals surface area (Å²) in [6.07, 6.45) is 1.62. The van der Waals surface area contributed by atoms with Gasteiger partial charge < -0.3 is 14.4 Å². The van der Waals surface area contributed by atoms with Crippen molar-refractivity contribution in [2.45, 2.75) is 6.92 Å². The highest BCUT2D eigenvalue weighted by Gasteiger charge is 2.23. The molecule has 6 heteroatoms. The summed E-state index contributed by atoms with van der Waals surface area (Å²) in [4.78, 5) is 26.3. The number of rotatable bonds is 2. The number of nitrogens with zero attached hydrogens (tertiary/aromatic N) is 2. The zero-order valence-corrected chi connectivity index (χ0v) is 12.7. The van der Waals surface area contributed by atoms with Gasteiger partial charge in [0.25, 0.3) is 5.91 Å². The number of carbonyl (C=O) groups is 2. The van der Waals surface area contributed by atoms with Crippen LogP contribution in [-0.2, 0) is 4.74 Å². The second-order valence-electron chi connectivity index (χ2n) is 5.22. The Morgan fingerprint density at radius 3 is 2.59 bits per heavy atom. The second kappa shape index (κ2) is 5.81. The van der Waals surface area contributed by atoms with Crippen LogP contribution in [0.1, 0.15) is 22.1 Å². The molecule has 1 aliphatic heterocycles. The highest BCUT2D eigenvalue weighted by molar-refractivity contribution is 6.09. The second-order valence-corrected chi connectivity index (χ2v) is 5.22. The third kappa shape index (κ3) is 2.46. The summed E-state index contributed by atoms with van der Waals surface area (Å²) in [5, 5.41) is 0.728. The molecule has 1 aromatic heterocycles. The van der Waals surface area contributed by atoms with Crippen LogP contribution in [0, 0.1) is 0 Å². The van der Waals surface area contributed by atoms with E-state index < -0.39 is 0 Å². The average molecular weight is 302 g/mol. The van der Waals surface area contributed by atoms with Crippen molar-refractivity contribution in [1.82, 2.24) is 9.47 Å². The standard InChI is InChI=1S/C16H18N2O4/c1-11(19)18-10-14(16(20)17-5-7-22-8-6-17)13-9-12(21-2)3-4-15(13)18/h3-4,9-10H,5-8H2,1-2H3. The maximum Gasteiger partial charge on any atom is 0.256 e. The summed E-state index contributed by atoms with van der Waals surface area (Å²) < 4.78 is 12.0. The van der Waals surface area contributed by atoms with Crippen molar-refractivity contribution in [1.29, 1.82) is 0 Å². The number of amides is 1. The van der Waals surface area contributed by atoms with E-state index in [1.54, 1.807) is 36.4 Å². The Morgan fingerprint density at radius 1 is 1.23 bits per heavy atom. The molecule has 1 aliphatic rings. The fourth-order valence-electron chi connectivity index (χ4n) is 2.70. The number of aromatic nitrogens is 1. The molecule has 3 rings (SSSR count). The third-order valence-electron chi connectivity index (χ3n) is 3.88. The summed E-state index contributed by atoms with van der Waals surface area (Å²) in [6, 6.07) is 5.37. The van der Waals surface area contributed by atoms with Crippen LogP contribution in [0.2, 0.25) is 0 Å². The van der Waals surface area contributed by atoms with Crippen molar-refractivity contribution in [2.24, 2.45) is 0 Å². The number of carbonyl (C=O) groups excluding carboxylic acids is 2. The first-order chi connectivity index (χ1) is 10.6. The summed E-state index contributed by atoms with van der Waals surface area (Å²) in [5.74, 6) is 0.447. The third-order valence-corrected chi connectivity index (χ3v) is 3.88. The highest BCUT2D eigenvalue weighted by atomic mass is 16.5. The molecule has 0 radical (unpaired) electrons. The van der Waals surface area contributed by atoms with Gasteiger partial charge in [0.15, 0.2) is 0 Å². The van der Waals surface area contributed by atoms with E-state index in [2.05, 4.69) is 0 Å². The molecule has 22 heavy (non-hydrogen) atoms. The minimum absolute atomic E-state index is 0.0819. The van der Waals surface area contributed by atoms with E-state index in [-0.39, 0.29) is 11.8 Å². The predicted molar refractivity (Wildman–Crippen MR) is 81.5 cm³/mol. The van der Waals surface area contributed by atoms with E-state index >= 15 is 0 Å². The van der Waals surface area contributed by atoms with E-state index in [4.69, 9.17) is 9.47 Å². The first-order valence-corrected chi connectivity index (χ1v) is 7.19. The monoisotopic (exact) mass is 302 g/mol. The van der Waals surface area contributed by atoms with Crippen molar-refractivity contribution in [3.8, 4) is 5.75 Å². The predicted octanol–water partition coefficient (Wildman–Crippen LogP) is 1.78. The van der Waals surface area contributed by atoms with Crippen molar-refractivity contribution < 1.29 is 19.1 Å². The molecular formula is C16H18N2O4. The lowest BCUT2D eigenvalue weighted by Gasteiger charge is -2.26. The maximum atomic E-state index is 12.8. The number of fused-ring (bicyclic) bond motifs is 1. The van der Waals surface area contributed by atoms with Crippen molar-refractivity contribution >= 4 is 22.7 Å². The fourth-order valence-corrected chi connectivity index (χ4v) is 2.70. The highest BCUT2D eigenvalue weighted by Crippen LogP contribution is 2.27. The number of morpholine rings is 1. The van der Waals surface area contributed by atoms with Crippen LogP contribution in [0.15, 0.2) is 24.4 Å². The Hall–Kier alpha value is -2.34. The maximum absolute atomic E-state index is 12.8. The van der Waals surface area contributed by atoms with E-state index in [1.165, 1.54) is 11.5 Å². The average Bonchev–Trinajstić information content (AvgIpc) is 2.93. The Bertz CT molecular complexity index is 729. The first kappa shape index (κ1) is 14.6. The number of methoxy groups -OCH3 is 1. The topological polar surface area (TPSA) is 60.8 Å². The molecule has 0 N–H and O–H groups in total. The minimum Gasteiger partial charge on any atom is -0.497 e. The Morgan fingerprint density at radius 2 is 1.95 bits per heavy atom. The van der Waals surface area contributed by atoms with E-state index in [0.29, 0.717) is 43.1 Å². The van der Waals surface area contributed by atoms with Crippen LogP contribution in [0.25, 0.3) is 10.9 Å². The van der Waals surface area contributed by atoms with Gasteiger partial charge in [0, 0.05) is 31.6 Å². The van der Waals surface area contributed by atoms with Crippen LogP contribution in [-0.4, -0.2) is 54.7 Å².